The second kappa shape index (κ2) is 6.34. The van der Waals surface area contributed by atoms with Gasteiger partial charge in [-0.25, -0.2) is 4.99 Å². The van der Waals surface area contributed by atoms with Crippen molar-refractivity contribution in [2.75, 3.05) is 12.4 Å². The van der Waals surface area contributed by atoms with E-state index in [1.54, 1.807) is 7.11 Å². The smallest absolute Gasteiger partial charge is 0.319 e. The zero-order valence-electron chi connectivity index (χ0n) is 15.4. The molecule has 3 aromatic carbocycles. The molecule has 0 bridgehead atoms. The summed E-state index contributed by atoms with van der Waals surface area (Å²) in [5.74, 6) is 0.548. The predicted octanol–water partition coefficient (Wildman–Crippen LogP) is 5.36. The highest BCUT2D eigenvalue weighted by molar-refractivity contribution is 9.09. The van der Waals surface area contributed by atoms with E-state index in [1.807, 2.05) is 42.0 Å². The minimum atomic E-state index is -0.256. The van der Waals surface area contributed by atoms with Crippen molar-refractivity contribution in [1.29, 1.82) is 0 Å². The zero-order chi connectivity index (χ0) is 19.4. The molecule has 0 N–H and O–H groups in total. The summed E-state index contributed by atoms with van der Waals surface area (Å²) >= 11 is 3.23. The van der Waals surface area contributed by atoms with Gasteiger partial charge in [-0.2, -0.15) is 0 Å². The minimum Gasteiger partial charge on any atom is -0.496 e. The fraction of sp³-hybridized carbons (Fsp3) is 0.182. The number of methoxy groups -OCH3 is 1. The molecule has 3 aromatic rings. The fourth-order valence-electron chi connectivity index (χ4n) is 4.13. The molecule has 2 aliphatic rings. The molecule has 1 unspecified atom stereocenters. The first kappa shape index (κ1) is 17.3. The van der Waals surface area contributed by atoms with Gasteiger partial charge in [0.15, 0.2) is 0 Å². The van der Waals surface area contributed by atoms with E-state index in [0.29, 0.717) is 0 Å². The number of fused-ring (bicyclic) bond motifs is 4. The highest BCUT2D eigenvalue weighted by Gasteiger charge is 2.46. The Morgan fingerprint density at radius 3 is 2.89 bits per heavy atom. The SMILES string of the molecule is COc1ccc2cccc3c2c1C1=Nc2cc(C)ccc2[N+](=NC(=O)CBr)C13. The maximum absolute atomic E-state index is 12.3. The van der Waals surface area contributed by atoms with Crippen molar-refractivity contribution in [2.45, 2.75) is 13.0 Å². The van der Waals surface area contributed by atoms with Gasteiger partial charge in [-0.15, -0.1) is 0 Å². The average Bonchev–Trinajstić information content (AvgIpc) is 3.04. The van der Waals surface area contributed by atoms with Crippen molar-refractivity contribution in [3.8, 4) is 5.75 Å². The first-order valence-corrected chi connectivity index (χ1v) is 10.1. The van der Waals surface area contributed by atoms with E-state index in [2.05, 4.69) is 39.2 Å². The molecule has 0 aromatic heterocycles. The first-order valence-electron chi connectivity index (χ1n) is 9.01. The highest BCUT2D eigenvalue weighted by Crippen LogP contribution is 2.50. The van der Waals surface area contributed by atoms with Gasteiger partial charge in [-0.3, -0.25) is 4.79 Å². The van der Waals surface area contributed by atoms with Gasteiger partial charge in [0.05, 0.1) is 18.0 Å². The Bertz CT molecular complexity index is 1230. The summed E-state index contributed by atoms with van der Waals surface area (Å²) in [7, 11) is 1.67. The van der Waals surface area contributed by atoms with E-state index >= 15 is 0 Å². The molecule has 0 saturated heterocycles. The number of benzene rings is 3. The Hall–Kier alpha value is -2.86. The lowest BCUT2D eigenvalue weighted by Gasteiger charge is -2.17. The predicted molar refractivity (Wildman–Crippen MR) is 112 cm³/mol. The van der Waals surface area contributed by atoms with Crippen LogP contribution in [0, 0.1) is 6.92 Å². The van der Waals surface area contributed by atoms with Gasteiger partial charge >= 0.3 is 5.91 Å². The van der Waals surface area contributed by atoms with E-state index in [9.17, 15) is 4.79 Å². The molecule has 0 radical (unpaired) electrons. The third-order valence-corrected chi connectivity index (χ3v) is 5.75. The molecule has 1 amide bonds. The summed E-state index contributed by atoms with van der Waals surface area (Å²) in [6.07, 6.45) is 0. The van der Waals surface area contributed by atoms with Crippen LogP contribution in [0.25, 0.3) is 10.8 Å². The Balaban J connectivity index is 1.89. The second-order valence-electron chi connectivity index (χ2n) is 6.95. The quantitative estimate of drug-likeness (QED) is 0.402. The van der Waals surface area contributed by atoms with E-state index < -0.39 is 0 Å². The number of carbonyl (C=O) groups is 1. The van der Waals surface area contributed by atoms with E-state index in [-0.39, 0.29) is 17.3 Å². The van der Waals surface area contributed by atoms with Crippen LogP contribution >= 0.6 is 15.9 Å². The molecule has 28 heavy (non-hydrogen) atoms. The van der Waals surface area contributed by atoms with Crippen LogP contribution < -0.4 is 4.74 Å². The Kier molecular flexibility index (Phi) is 3.91. The second-order valence-corrected chi connectivity index (χ2v) is 7.51. The summed E-state index contributed by atoms with van der Waals surface area (Å²) in [4.78, 5) is 17.3. The number of ether oxygens (including phenoxy) is 1. The van der Waals surface area contributed by atoms with Crippen LogP contribution in [0.5, 0.6) is 5.75 Å². The first-order chi connectivity index (χ1) is 13.6. The van der Waals surface area contributed by atoms with Gasteiger partial charge in [0, 0.05) is 22.1 Å². The number of aryl methyl sites for hydroxylation is 1. The molecule has 5 rings (SSSR count). The van der Waals surface area contributed by atoms with Crippen LogP contribution in [0.3, 0.4) is 0 Å². The lowest BCUT2D eigenvalue weighted by atomic mass is 10.0. The molecule has 6 heteroatoms. The van der Waals surface area contributed by atoms with Crippen molar-refractivity contribution < 1.29 is 14.2 Å². The summed E-state index contributed by atoms with van der Waals surface area (Å²) in [6, 6.07) is 16.0. The Morgan fingerprint density at radius 1 is 1.25 bits per heavy atom. The number of carbonyl (C=O) groups excluding carboxylic acids is 1. The average molecular weight is 435 g/mol. The zero-order valence-corrected chi connectivity index (χ0v) is 17.0. The molecule has 138 valence electrons. The Labute approximate surface area is 170 Å². The lowest BCUT2D eigenvalue weighted by Crippen LogP contribution is -2.24. The number of azo groups is 2. The van der Waals surface area contributed by atoms with Crippen LogP contribution in [-0.4, -0.2) is 28.8 Å². The van der Waals surface area contributed by atoms with Crippen molar-refractivity contribution in [2.24, 2.45) is 10.1 Å². The van der Waals surface area contributed by atoms with Crippen LogP contribution in [0.1, 0.15) is 22.7 Å². The fourth-order valence-corrected chi connectivity index (χ4v) is 4.25. The number of nitrogens with zero attached hydrogens (tertiary/aromatic N) is 3. The molecule has 1 heterocycles. The molecular formula is C22H17BrN3O2+. The number of alkyl halides is 1. The third kappa shape index (κ3) is 2.37. The van der Waals surface area contributed by atoms with Crippen LogP contribution in [0.4, 0.5) is 11.4 Å². The van der Waals surface area contributed by atoms with Gasteiger partial charge in [0.1, 0.15) is 17.1 Å². The van der Waals surface area contributed by atoms with Crippen molar-refractivity contribution in [3.63, 3.8) is 0 Å². The number of hydrogen-bond acceptors (Lipinski definition) is 3. The molecule has 1 aliphatic heterocycles. The number of aliphatic imine (C=N–C) groups is 1. The summed E-state index contributed by atoms with van der Waals surface area (Å²) in [5.41, 5.74) is 5.69. The molecule has 0 saturated carbocycles. The van der Waals surface area contributed by atoms with Gasteiger partial charge in [-0.1, -0.05) is 51.0 Å². The van der Waals surface area contributed by atoms with E-state index in [1.165, 1.54) is 0 Å². The van der Waals surface area contributed by atoms with Crippen LogP contribution in [0.15, 0.2) is 58.6 Å². The van der Waals surface area contributed by atoms with Crippen molar-refractivity contribution in [3.05, 3.63) is 65.2 Å². The van der Waals surface area contributed by atoms with Crippen molar-refractivity contribution in [1.82, 2.24) is 0 Å². The third-order valence-electron chi connectivity index (χ3n) is 5.27. The molecular weight excluding hydrogens is 418 g/mol. The lowest BCUT2D eigenvalue weighted by molar-refractivity contribution is -0.535. The molecule has 5 nitrogen and oxygen atoms in total. The molecule has 1 atom stereocenters. The maximum atomic E-state index is 12.3. The maximum Gasteiger partial charge on any atom is 0.319 e. The number of rotatable bonds is 2. The largest absolute Gasteiger partial charge is 0.496 e. The molecule has 1 aliphatic carbocycles. The molecule has 0 spiro atoms. The summed E-state index contributed by atoms with van der Waals surface area (Å²) in [5, 5.41) is 6.83. The van der Waals surface area contributed by atoms with Crippen molar-refractivity contribution >= 4 is 49.7 Å². The summed E-state index contributed by atoms with van der Waals surface area (Å²) < 4.78 is 7.49. The molecule has 0 fully saturated rings. The van der Waals surface area contributed by atoms with E-state index in [0.717, 1.165) is 50.3 Å². The topological polar surface area (TPSA) is 54.0 Å². The van der Waals surface area contributed by atoms with Crippen LogP contribution in [0.2, 0.25) is 0 Å². The van der Waals surface area contributed by atoms with E-state index in [4.69, 9.17) is 9.73 Å². The number of hydrogen-bond donors (Lipinski definition) is 0. The monoisotopic (exact) mass is 434 g/mol. The van der Waals surface area contributed by atoms with Gasteiger partial charge in [-0.05, 0) is 30.0 Å². The summed E-state index contributed by atoms with van der Waals surface area (Å²) in [6.45, 7) is 2.03. The van der Waals surface area contributed by atoms with Crippen LogP contribution in [-0.2, 0) is 4.79 Å². The van der Waals surface area contributed by atoms with Gasteiger partial charge in [0.25, 0.3) is 11.7 Å². The standard InChI is InChI=1S/C22H17BrN3O2/c1-12-6-8-16-15(10-12)24-21-20-17(28-2)9-7-13-4-3-5-14(19(13)20)22(21)26(16)25-18(27)11-23/h3-10,22H,11H2,1-2H3/q+1. The normalized spacial score (nSPS) is 18.0. The van der Waals surface area contributed by atoms with Gasteiger partial charge < -0.3 is 4.74 Å². The Morgan fingerprint density at radius 2 is 2.11 bits per heavy atom. The van der Waals surface area contributed by atoms with Gasteiger partial charge in [0.2, 0.25) is 0 Å². The highest BCUT2D eigenvalue weighted by atomic mass is 79.9. The minimum absolute atomic E-state index is 0.171. The number of halogens is 1. The number of amides is 1.